The number of carbonyl (C=O) groups is 2. The molecule has 0 fully saturated rings. The molecule has 132 valence electrons. The summed E-state index contributed by atoms with van der Waals surface area (Å²) < 4.78 is 5.30. The first kappa shape index (κ1) is 19.0. The van der Waals surface area contributed by atoms with Crippen molar-refractivity contribution in [3.05, 3.63) is 70.7 Å². The van der Waals surface area contributed by atoms with Crippen LogP contribution in [0.4, 0.5) is 0 Å². The van der Waals surface area contributed by atoms with Crippen molar-refractivity contribution in [2.45, 2.75) is 25.0 Å². The summed E-state index contributed by atoms with van der Waals surface area (Å²) >= 11 is 5.89. The Morgan fingerprint density at radius 2 is 1.76 bits per heavy atom. The Kier molecular flexibility index (Phi) is 6.17. The van der Waals surface area contributed by atoms with Gasteiger partial charge in [-0.2, -0.15) is 0 Å². The first-order valence-corrected chi connectivity index (χ1v) is 8.21. The number of ether oxygens (including phenoxy) is 1. The number of hydrogen-bond donors (Lipinski definition) is 2. The van der Waals surface area contributed by atoms with Crippen LogP contribution in [0.2, 0.25) is 5.02 Å². The summed E-state index contributed by atoms with van der Waals surface area (Å²) in [6.45, 7) is 1.70. The highest BCUT2D eigenvalue weighted by molar-refractivity contribution is 6.30. The number of halogens is 1. The Labute approximate surface area is 151 Å². The fourth-order valence-corrected chi connectivity index (χ4v) is 2.85. The van der Waals surface area contributed by atoms with E-state index in [2.05, 4.69) is 5.32 Å². The number of benzene rings is 2. The van der Waals surface area contributed by atoms with Crippen molar-refractivity contribution in [1.29, 1.82) is 0 Å². The fourth-order valence-electron chi connectivity index (χ4n) is 2.73. The number of carbonyl (C=O) groups excluding carboxylic acids is 1. The van der Waals surface area contributed by atoms with Gasteiger partial charge in [0, 0.05) is 12.1 Å². The van der Waals surface area contributed by atoms with Crippen LogP contribution in [0.25, 0.3) is 0 Å². The predicted molar refractivity (Wildman–Crippen MR) is 95.4 cm³/mol. The number of methoxy groups -OCH3 is 1. The van der Waals surface area contributed by atoms with E-state index in [1.54, 1.807) is 55.5 Å². The van der Waals surface area contributed by atoms with E-state index >= 15 is 0 Å². The molecule has 0 aliphatic carbocycles. The van der Waals surface area contributed by atoms with Gasteiger partial charge in [0.2, 0.25) is 0 Å². The van der Waals surface area contributed by atoms with E-state index in [9.17, 15) is 14.7 Å². The first-order chi connectivity index (χ1) is 11.9. The number of amides is 1. The lowest BCUT2D eigenvalue weighted by Crippen LogP contribution is -2.53. The van der Waals surface area contributed by atoms with E-state index in [1.807, 2.05) is 6.07 Å². The zero-order valence-electron chi connectivity index (χ0n) is 14.0. The van der Waals surface area contributed by atoms with Crippen molar-refractivity contribution in [2.75, 3.05) is 7.11 Å². The van der Waals surface area contributed by atoms with Crippen molar-refractivity contribution in [3.8, 4) is 0 Å². The summed E-state index contributed by atoms with van der Waals surface area (Å²) in [5.41, 5.74) is -0.468. The van der Waals surface area contributed by atoms with Crippen molar-refractivity contribution in [3.63, 3.8) is 0 Å². The van der Waals surface area contributed by atoms with Gasteiger partial charge in [0.15, 0.2) is 11.6 Å². The quantitative estimate of drug-likeness (QED) is 0.791. The monoisotopic (exact) mass is 361 g/mol. The Balaban J connectivity index is 2.38. The lowest BCUT2D eigenvalue weighted by molar-refractivity contribution is -0.150. The molecule has 6 heteroatoms. The number of aliphatic carboxylic acids is 1. The molecule has 0 spiro atoms. The van der Waals surface area contributed by atoms with Crippen LogP contribution in [0, 0.1) is 0 Å². The van der Waals surface area contributed by atoms with Crippen LogP contribution in [-0.2, 0) is 19.9 Å². The summed E-state index contributed by atoms with van der Waals surface area (Å²) in [6, 6.07) is 15.3. The van der Waals surface area contributed by atoms with Crippen molar-refractivity contribution in [2.24, 2.45) is 0 Å². The van der Waals surface area contributed by atoms with Gasteiger partial charge in [-0.3, -0.25) is 4.79 Å². The average Bonchev–Trinajstić information content (AvgIpc) is 2.62. The van der Waals surface area contributed by atoms with Crippen LogP contribution < -0.4 is 5.32 Å². The molecule has 0 aliphatic heterocycles. The van der Waals surface area contributed by atoms with Gasteiger partial charge in [-0.25, -0.2) is 4.79 Å². The average molecular weight is 362 g/mol. The molecule has 1 amide bonds. The molecule has 1 unspecified atom stereocenters. The van der Waals surface area contributed by atoms with Gasteiger partial charge in [-0.15, -0.1) is 0 Å². The number of carboxylic acids is 1. The highest BCUT2D eigenvalue weighted by Gasteiger charge is 2.41. The minimum atomic E-state index is -1.56. The number of carboxylic acid groups (broad SMARTS) is 1. The van der Waals surface area contributed by atoms with Crippen LogP contribution in [0.15, 0.2) is 54.6 Å². The van der Waals surface area contributed by atoms with Crippen molar-refractivity contribution in [1.82, 2.24) is 5.32 Å². The van der Waals surface area contributed by atoms with Gasteiger partial charge in [-0.1, -0.05) is 61.0 Å². The molecule has 2 aromatic rings. The third-order valence-electron chi connectivity index (χ3n) is 4.15. The van der Waals surface area contributed by atoms with Gasteiger partial charge in [-0.05, 0) is 29.7 Å². The van der Waals surface area contributed by atoms with Crippen LogP contribution in [0.3, 0.4) is 0 Å². The summed E-state index contributed by atoms with van der Waals surface area (Å²) in [5.74, 6) is -1.67. The molecular formula is C19H20ClNO4. The molecular weight excluding hydrogens is 342 g/mol. The van der Waals surface area contributed by atoms with E-state index < -0.39 is 23.5 Å². The third kappa shape index (κ3) is 4.00. The Hall–Kier alpha value is -2.37. The van der Waals surface area contributed by atoms with Gasteiger partial charge >= 0.3 is 5.97 Å². The Bertz CT molecular complexity index is 733. The molecule has 0 aliphatic rings. The second-order valence-corrected chi connectivity index (χ2v) is 6.02. The molecule has 0 saturated heterocycles. The summed E-state index contributed by atoms with van der Waals surface area (Å²) in [7, 11) is 1.41. The molecule has 0 heterocycles. The van der Waals surface area contributed by atoms with Crippen LogP contribution in [0.1, 0.15) is 30.6 Å². The van der Waals surface area contributed by atoms with Crippen molar-refractivity contribution >= 4 is 23.5 Å². The van der Waals surface area contributed by atoms with Crippen LogP contribution in [-0.4, -0.2) is 24.1 Å². The lowest BCUT2D eigenvalue weighted by atomic mass is 9.86. The van der Waals surface area contributed by atoms with Crippen molar-refractivity contribution < 1.29 is 19.4 Å². The zero-order chi connectivity index (χ0) is 18.4. The lowest BCUT2D eigenvalue weighted by Gasteiger charge is -2.31. The van der Waals surface area contributed by atoms with Crippen LogP contribution >= 0.6 is 11.6 Å². The SMILES string of the molecule is CCC(NC(=O)[C@H](OC)c1ccccc1)(C(=O)O)c1ccc(Cl)cc1. The van der Waals surface area contributed by atoms with Gasteiger partial charge < -0.3 is 15.2 Å². The second-order valence-electron chi connectivity index (χ2n) is 5.59. The molecule has 0 aromatic heterocycles. The maximum atomic E-state index is 12.8. The summed E-state index contributed by atoms with van der Waals surface area (Å²) in [5, 5.41) is 13.0. The number of rotatable bonds is 7. The highest BCUT2D eigenvalue weighted by atomic mass is 35.5. The van der Waals surface area contributed by atoms with E-state index in [1.165, 1.54) is 7.11 Å². The van der Waals surface area contributed by atoms with Gasteiger partial charge in [0.25, 0.3) is 5.91 Å². The normalized spacial score (nSPS) is 14.4. The highest BCUT2D eigenvalue weighted by Crippen LogP contribution is 2.29. The summed E-state index contributed by atoms with van der Waals surface area (Å²) in [4.78, 5) is 24.8. The third-order valence-corrected chi connectivity index (χ3v) is 4.40. The number of nitrogens with one attached hydrogen (secondary N) is 1. The predicted octanol–water partition coefficient (Wildman–Crippen LogP) is 3.53. The van der Waals surface area contributed by atoms with Gasteiger partial charge in [0.1, 0.15) is 0 Å². The largest absolute Gasteiger partial charge is 0.479 e. The minimum absolute atomic E-state index is 0.168. The first-order valence-electron chi connectivity index (χ1n) is 7.83. The Morgan fingerprint density at radius 1 is 1.16 bits per heavy atom. The molecule has 0 bridgehead atoms. The zero-order valence-corrected chi connectivity index (χ0v) is 14.8. The maximum absolute atomic E-state index is 12.8. The fraction of sp³-hybridized carbons (Fsp3) is 0.263. The van der Waals surface area contributed by atoms with E-state index in [-0.39, 0.29) is 6.42 Å². The second kappa shape index (κ2) is 8.14. The molecule has 2 rings (SSSR count). The molecule has 2 aromatic carbocycles. The smallest absolute Gasteiger partial charge is 0.334 e. The molecule has 2 atom stereocenters. The van der Waals surface area contributed by atoms with E-state index in [4.69, 9.17) is 16.3 Å². The van der Waals surface area contributed by atoms with E-state index in [0.717, 1.165) is 0 Å². The molecule has 0 saturated carbocycles. The maximum Gasteiger partial charge on any atom is 0.334 e. The molecule has 5 nitrogen and oxygen atoms in total. The van der Waals surface area contributed by atoms with E-state index in [0.29, 0.717) is 16.1 Å². The minimum Gasteiger partial charge on any atom is -0.479 e. The summed E-state index contributed by atoms with van der Waals surface area (Å²) in [6.07, 6.45) is -0.736. The molecule has 25 heavy (non-hydrogen) atoms. The topological polar surface area (TPSA) is 75.6 Å². The standard InChI is InChI=1S/C19H20ClNO4/c1-3-19(18(23)24,14-9-11-15(20)12-10-14)21-17(22)16(25-2)13-7-5-4-6-8-13/h4-12,16H,3H2,1-2H3,(H,21,22)(H,23,24)/t16-,19?/m1/s1. The molecule has 0 radical (unpaired) electrons. The van der Waals surface area contributed by atoms with Gasteiger partial charge in [0.05, 0.1) is 0 Å². The Morgan fingerprint density at radius 3 is 2.24 bits per heavy atom. The number of hydrogen-bond acceptors (Lipinski definition) is 3. The molecule has 2 N–H and O–H groups in total. The van der Waals surface area contributed by atoms with Crippen LogP contribution in [0.5, 0.6) is 0 Å².